The number of amides is 2. The van der Waals surface area contributed by atoms with Crippen molar-refractivity contribution < 1.29 is 4.79 Å². The van der Waals surface area contributed by atoms with Crippen LogP contribution in [0.2, 0.25) is 0 Å². The molecule has 1 aliphatic carbocycles. The van der Waals surface area contributed by atoms with Crippen molar-refractivity contribution >= 4 is 6.03 Å². The summed E-state index contributed by atoms with van der Waals surface area (Å²) in [5.74, 6) is 1.73. The van der Waals surface area contributed by atoms with Crippen LogP contribution in [-0.4, -0.2) is 42.0 Å². The molecule has 0 bridgehead atoms. The monoisotopic (exact) mass is 194 g/mol. The maximum atomic E-state index is 12.0. The van der Waals surface area contributed by atoms with Crippen LogP contribution >= 0.6 is 0 Å². The van der Waals surface area contributed by atoms with Crippen molar-refractivity contribution in [2.75, 3.05) is 26.2 Å². The molecular weight excluding hydrogens is 176 g/mol. The first-order valence-electron chi connectivity index (χ1n) is 5.88. The van der Waals surface area contributed by atoms with Gasteiger partial charge in [0.1, 0.15) is 0 Å². The standard InChI is InChI=1S/C11H18N2O/c14-11(12-4-2-1-3-5-12)13-7-9-6-10(9)8-13/h9-10H,1-8H2. The maximum absolute atomic E-state index is 12.0. The van der Waals surface area contributed by atoms with Gasteiger partial charge in [-0.1, -0.05) is 0 Å². The van der Waals surface area contributed by atoms with Gasteiger partial charge in [-0.05, 0) is 37.5 Å². The fourth-order valence-electron chi connectivity index (χ4n) is 2.84. The lowest BCUT2D eigenvalue weighted by molar-refractivity contribution is 0.148. The molecule has 2 saturated heterocycles. The van der Waals surface area contributed by atoms with Crippen LogP contribution in [0.15, 0.2) is 0 Å². The molecule has 78 valence electrons. The van der Waals surface area contributed by atoms with E-state index in [1.54, 1.807) is 0 Å². The van der Waals surface area contributed by atoms with Crippen LogP contribution < -0.4 is 0 Å². The zero-order valence-corrected chi connectivity index (χ0v) is 8.61. The molecule has 0 N–H and O–H groups in total. The van der Waals surface area contributed by atoms with Crippen LogP contribution in [0.5, 0.6) is 0 Å². The van der Waals surface area contributed by atoms with Crippen molar-refractivity contribution in [2.24, 2.45) is 11.8 Å². The molecule has 2 aliphatic heterocycles. The summed E-state index contributed by atoms with van der Waals surface area (Å²) in [7, 11) is 0. The first kappa shape index (κ1) is 8.57. The highest BCUT2D eigenvalue weighted by molar-refractivity contribution is 5.75. The Morgan fingerprint density at radius 1 is 0.929 bits per heavy atom. The Hall–Kier alpha value is -0.730. The fourth-order valence-corrected chi connectivity index (χ4v) is 2.84. The third kappa shape index (κ3) is 1.39. The summed E-state index contributed by atoms with van der Waals surface area (Å²) >= 11 is 0. The van der Waals surface area contributed by atoms with Crippen molar-refractivity contribution in [1.29, 1.82) is 0 Å². The topological polar surface area (TPSA) is 23.6 Å². The van der Waals surface area contributed by atoms with E-state index in [0.717, 1.165) is 38.0 Å². The van der Waals surface area contributed by atoms with Crippen molar-refractivity contribution in [3.05, 3.63) is 0 Å². The zero-order chi connectivity index (χ0) is 9.54. The highest BCUT2D eigenvalue weighted by atomic mass is 16.2. The molecule has 14 heavy (non-hydrogen) atoms. The van der Waals surface area contributed by atoms with E-state index in [9.17, 15) is 4.79 Å². The number of rotatable bonds is 0. The lowest BCUT2D eigenvalue weighted by atomic mass is 10.1. The van der Waals surface area contributed by atoms with Gasteiger partial charge in [-0.15, -0.1) is 0 Å². The van der Waals surface area contributed by atoms with Gasteiger partial charge in [0, 0.05) is 26.2 Å². The van der Waals surface area contributed by atoms with Crippen LogP contribution in [0.3, 0.4) is 0 Å². The van der Waals surface area contributed by atoms with Crippen LogP contribution in [0, 0.1) is 11.8 Å². The molecule has 1 saturated carbocycles. The number of carbonyl (C=O) groups is 1. The number of hydrogen-bond donors (Lipinski definition) is 0. The molecule has 2 atom stereocenters. The molecule has 0 spiro atoms. The molecule has 3 aliphatic rings. The smallest absolute Gasteiger partial charge is 0.320 e. The number of piperidine rings is 2. The first-order chi connectivity index (χ1) is 6.84. The molecule has 3 fully saturated rings. The van der Waals surface area contributed by atoms with E-state index in [1.165, 1.54) is 25.7 Å². The summed E-state index contributed by atoms with van der Waals surface area (Å²) in [4.78, 5) is 16.1. The summed E-state index contributed by atoms with van der Waals surface area (Å²) in [6, 6.07) is 0.317. The number of urea groups is 1. The molecule has 2 heterocycles. The first-order valence-corrected chi connectivity index (χ1v) is 5.88. The lowest BCUT2D eigenvalue weighted by Crippen LogP contribution is -2.45. The van der Waals surface area contributed by atoms with E-state index in [4.69, 9.17) is 0 Å². The van der Waals surface area contributed by atoms with E-state index in [-0.39, 0.29) is 0 Å². The molecule has 0 aromatic rings. The third-order valence-electron chi connectivity index (χ3n) is 3.88. The molecule has 0 aromatic carbocycles. The largest absolute Gasteiger partial charge is 0.325 e. The van der Waals surface area contributed by atoms with Gasteiger partial charge in [0.15, 0.2) is 0 Å². The maximum Gasteiger partial charge on any atom is 0.320 e. The highest BCUT2D eigenvalue weighted by Gasteiger charge is 2.47. The average Bonchev–Trinajstić information content (AvgIpc) is 2.86. The Morgan fingerprint density at radius 2 is 1.57 bits per heavy atom. The summed E-state index contributed by atoms with van der Waals surface area (Å²) in [6.45, 7) is 4.06. The minimum atomic E-state index is 0.317. The van der Waals surface area contributed by atoms with E-state index in [2.05, 4.69) is 4.90 Å². The molecule has 0 aromatic heterocycles. The summed E-state index contributed by atoms with van der Waals surface area (Å²) in [5, 5.41) is 0. The normalized spacial score (nSPS) is 35.7. The molecule has 2 amide bonds. The lowest BCUT2D eigenvalue weighted by Gasteiger charge is -2.31. The Bertz CT molecular complexity index is 234. The van der Waals surface area contributed by atoms with Gasteiger partial charge in [-0.25, -0.2) is 4.79 Å². The van der Waals surface area contributed by atoms with Crippen molar-refractivity contribution in [1.82, 2.24) is 9.80 Å². The third-order valence-corrected chi connectivity index (χ3v) is 3.88. The van der Waals surface area contributed by atoms with Gasteiger partial charge in [-0.2, -0.15) is 0 Å². The van der Waals surface area contributed by atoms with E-state index in [1.807, 2.05) is 4.90 Å². The van der Waals surface area contributed by atoms with E-state index in [0.29, 0.717) is 6.03 Å². The minimum absolute atomic E-state index is 0.317. The quantitative estimate of drug-likeness (QED) is 0.574. The van der Waals surface area contributed by atoms with Crippen molar-refractivity contribution in [3.63, 3.8) is 0 Å². The van der Waals surface area contributed by atoms with Gasteiger partial charge >= 0.3 is 6.03 Å². The molecule has 2 unspecified atom stereocenters. The summed E-state index contributed by atoms with van der Waals surface area (Å²) < 4.78 is 0. The second-order valence-corrected chi connectivity index (χ2v) is 4.99. The number of hydrogen-bond acceptors (Lipinski definition) is 1. The van der Waals surface area contributed by atoms with Gasteiger partial charge in [0.25, 0.3) is 0 Å². The molecule has 3 heteroatoms. The summed E-state index contributed by atoms with van der Waals surface area (Å²) in [6.07, 6.45) is 5.08. The Labute approximate surface area is 85.1 Å². The average molecular weight is 194 g/mol. The number of likely N-dealkylation sites (tertiary alicyclic amines) is 2. The minimum Gasteiger partial charge on any atom is -0.325 e. The predicted octanol–water partition coefficient (Wildman–Crippen LogP) is 1.54. The van der Waals surface area contributed by atoms with Gasteiger partial charge in [0.2, 0.25) is 0 Å². The second-order valence-electron chi connectivity index (χ2n) is 4.99. The van der Waals surface area contributed by atoms with E-state index >= 15 is 0 Å². The zero-order valence-electron chi connectivity index (χ0n) is 8.61. The van der Waals surface area contributed by atoms with Gasteiger partial charge in [-0.3, -0.25) is 0 Å². The van der Waals surface area contributed by atoms with E-state index < -0.39 is 0 Å². The van der Waals surface area contributed by atoms with Crippen LogP contribution in [0.4, 0.5) is 4.79 Å². The van der Waals surface area contributed by atoms with Crippen LogP contribution in [0.25, 0.3) is 0 Å². The van der Waals surface area contributed by atoms with Crippen LogP contribution in [0.1, 0.15) is 25.7 Å². The Balaban J connectivity index is 1.58. The highest BCUT2D eigenvalue weighted by Crippen LogP contribution is 2.45. The van der Waals surface area contributed by atoms with Gasteiger partial charge < -0.3 is 9.80 Å². The fraction of sp³-hybridized carbons (Fsp3) is 0.909. The van der Waals surface area contributed by atoms with Crippen LogP contribution in [-0.2, 0) is 0 Å². The summed E-state index contributed by atoms with van der Waals surface area (Å²) in [5.41, 5.74) is 0. The molecule has 0 radical (unpaired) electrons. The predicted molar refractivity (Wildman–Crippen MR) is 54.0 cm³/mol. The number of nitrogens with zero attached hydrogens (tertiary/aromatic N) is 2. The van der Waals surface area contributed by atoms with Gasteiger partial charge in [0.05, 0.1) is 0 Å². The second kappa shape index (κ2) is 3.14. The van der Waals surface area contributed by atoms with Crippen molar-refractivity contribution in [3.8, 4) is 0 Å². The van der Waals surface area contributed by atoms with Crippen molar-refractivity contribution in [2.45, 2.75) is 25.7 Å². The molecule has 3 rings (SSSR count). The Morgan fingerprint density at radius 3 is 2.21 bits per heavy atom. The number of fused-ring (bicyclic) bond motifs is 1. The molecule has 3 nitrogen and oxygen atoms in total. The SMILES string of the molecule is O=C(N1CCCCC1)N1CC2CC2C1. The molecular formula is C11H18N2O. The Kier molecular flexibility index (Phi) is 1.92. The number of carbonyl (C=O) groups excluding carboxylic acids is 1.